The van der Waals surface area contributed by atoms with Gasteiger partial charge in [-0.2, -0.15) is 0 Å². The molecule has 13 heavy (non-hydrogen) atoms. The maximum atomic E-state index is 10.7. The Labute approximate surface area is 75.7 Å². The van der Waals surface area contributed by atoms with E-state index in [4.69, 9.17) is 10.8 Å². The SMILES string of the molecule is C=C[C@@H](N)c1ncccc1C(=O)O. The molecular formula is C9H10N2O2. The number of rotatable bonds is 3. The number of aromatic nitrogens is 1. The van der Waals surface area contributed by atoms with Crippen molar-refractivity contribution in [3.8, 4) is 0 Å². The van der Waals surface area contributed by atoms with E-state index in [9.17, 15) is 4.79 Å². The van der Waals surface area contributed by atoms with Crippen molar-refractivity contribution in [2.24, 2.45) is 5.73 Å². The van der Waals surface area contributed by atoms with Crippen molar-refractivity contribution in [2.45, 2.75) is 6.04 Å². The van der Waals surface area contributed by atoms with Gasteiger partial charge in [0, 0.05) is 6.20 Å². The van der Waals surface area contributed by atoms with Crippen molar-refractivity contribution in [1.82, 2.24) is 4.98 Å². The highest BCUT2D eigenvalue weighted by Crippen LogP contribution is 2.13. The lowest BCUT2D eigenvalue weighted by Gasteiger charge is -2.07. The molecule has 68 valence electrons. The van der Waals surface area contributed by atoms with E-state index in [1.165, 1.54) is 18.3 Å². The second kappa shape index (κ2) is 3.82. The van der Waals surface area contributed by atoms with Crippen molar-refractivity contribution < 1.29 is 9.90 Å². The lowest BCUT2D eigenvalue weighted by molar-refractivity contribution is 0.0695. The van der Waals surface area contributed by atoms with Gasteiger partial charge in [0.25, 0.3) is 0 Å². The Kier molecular flexibility index (Phi) is 2.76. The fourth-order valence-corrected chi connectivity index (χ4v) is 0.976. The van der Waals surface area contributed by atoms with Crippen LogP contribution in [0, 0.1) is 0 Å². The summed E-state index contributed by atoms with van der Waals surface area (Å²) in [6, 6.07) is 2.49. The van der Waals surface area contributed by atoms with Crippen LogP contribution < -0.4 is 5.73 Å². The van der Waals surface area contributed by atoms with Crippen molar-refractivity contribution >= 4 is 5.97 Å². The van der Waals surface area contributed by atoms with Crippen LogP contribution in [-0.2, 0) is 0 Å². The zero-order valence-electron chi connectivity index (χ0n) is 6.97. The first-order valence-electron chi connectivity index (χ1n) is 3.73. The van der Waals surface area contributed by atoms with Crippen LogP contribution in [0.4, 0.5) is 0 Å². The molecule has 4 heteroatoms. The molecule has 0 bridgehead atoms. The predicted molar refractivity (Wildman–Crippen MR) is 48.3 cm³/mol. The molecule has 0 amide bonds. The van der Waals surface area contributed by atoms with Crippen LogP contribution in [0.5, 0.6) is 0 Å². The molecule has 4 nitrogen and oxygen atoms in total. The molecule has 0 saturated heterocycles. The topological polar surface area (TPSA) is 76.2 Å². The molecule has 0 aliphatic carbocycles. The molecule has 0 unspecified atom stereocenters. The summed E-state index contributed by atoms with van der Waals surface area (Å²) in [5.41, 5.74) is 6.05. The number of nitrogens with two attached hydrogens (primary N) is 1. The Morgan fingerprint density at radius 2 is 2.46 bits per heavy atom. The van der Waals surface area contributed by atoms with Crippen molar-refractivity contribution in [2.75, 3.05) is 0 Å². The van der Waals surface area contributed by atoms with E-state index >= 15 is 0 Å². The summed E-state index contributed by atoms with van der Waals surface area (Å²) in [5, 5.41) is 8.78. The van der Waals surface area contributed by atoms with Gasteiger partial charge in [-0.1, -0.05) is 6.08 Å². The smallest absolute Gasteiger partial charge is 0.337 e. The standard InChI is InChI=1S/C9H10N2O2/c1-2-7(10)8-6(9(12)13)4-3-5-11-8/h2-5,7H,1,10H2,(H,12,13)/t7-/m1/s1. The third-order valence-corrected chi connectivity index (χ3v) is 1.64. The van der Waals surface area contributed by atoms with Crippen molar-refractivity contribution in [3.05, 3.63) is 42.2 Å². The quantitative estimate of drug-likeness (QED) is 0.676. The highest BCUT2D eigenvalue weighted by atomic mass is 16.4. The Bertz CT molecular complexity index is 336. The van der Waals surface area contributed by atoms with Crippen LogP contribution in [0.2, 0.25) is 0 Å². The molecule has 1 heterocycles. The normalized spacial score (nSPS) is 12.1. The van der Waals surface area contributed by atoms with Gasteiger partial charge in [0.2, 0.25) is 0 Å². The fraction of sp³-hybridized carbons (Fsp3) is 0.111. The maximum Gasteiger partial charge on any atom is 0.337 e. The largest absolute Gasteiger partial charge is 0.478 e. The molecule has 0 radical (unpaired) electrons. The highest BCUT2D eigenvalue weighted by molar-refractivity contribution is 5.89. The minimum atomic E-state index is -1.03. The van der Waals surface area contributed by atoms with E-state index in [0.29, 0.717) is 5.69 Å². The molecule has 1 aromatic rings. The molecule has 0 fully saturated rings. The third kappa shape index (κ3) is 1.91. The van der Waals surface area contributed by atoms with Crippen LogP contribution >= 0.6 is 0 Å². The zero-order valence-corrected chi connectivity index (χ0v) is 6.97. The van der Waals surface area contributed by atoms with Crippen LogP contribution in [0.25, 0.3) is 0 Å². The summed E-state index contributed by atoms with van der Waals surface area (Å²) in [5.74, 6) is -1.03. The molecule has 0 aromatic carbocycles. The van der Waals surface area contributed by atoms with Gasteiger partial charge in [0.15, 0.2) is 0 Å². The number of hydrogen-bond donors (Lipinski definition) is 2. The summed E-state index contributed by atoms with van der Waals surface area (Å²) in [6.07, 6.45) is 2.96. The van der Waals surface area contributed by atoms with Crippen molar-refractivity contribution in [1.29, 1.82) is 0 Å². The third-order valence-electron chi connectivity index (χ3n) is 1.64. The Morgan fingerprint density at radius 3 is 3.00 bits per heavy atom. The second-order valence-electron chi connectivity index (χ2n) is 2.50. The van der Waals surface area contributed by atoms with Crippen LogP contribution in [0.3, 0.4) is 0 Å². The number of carbonyl (C=O) groups is 1. The fourth-order valence-electron chi connectivity index (χ4n) is 0.976. The molecule has 3 N–H and O–H groups in total. The van der Waals surface area contributed by atoms with Crippen LogP contribution in [0.1, 0.15) is 22.1 Å². The number of aromatic carboxylic acids is 1. The summed E-state index contributed by atoms with van der Waals surface area (Å²) in [6.45, 7) is 3.48. The van der Waals surface area contributed by atoms with E-state index < -0.39 is 12.0 Å². The summed E-state index contributed by atoms with van der Waals surface area (Å²) in [7, 11) is 0. The van der Waals surface area contributed by atoms with Crippen molar-refractivity contribution in [3.63, 3.8) is 0 Å². The summed E-state index contributed by atoms with van der Waals surface area (Å²) < 4.78 is 0. The van der Waals surface area contributed by atoms with Gasteiger partial charge in [0.05, 0.1) is 17.3 Å². The average molecular weight is 178 g/mol. The van der Waals surface area contributed by atoms with Gasteiger partial charge in [-0.05, 0) is 12.1 Å². The molecule has 0 spiro atoms. The second-order valence-corrected chi connectivity index (χ2v) is 2.50. The molecular weight excluding hydrogens is 168 g/mol. The highest BCUT2D eigenvalue weighted by Gasteiger charge is 2.13. The Morgan fingerprint density at radius 1 is 1.77 bits per heavy atom. The van der Waals surface area contributed by atoms with E-state index in [1.807, 2.05) is 0 Å². The number of pyridine rings is 1. The van der Waals surface area contributed by atoms with Gasteiger partial charge < -0.3 is 10.8 Å². The van der Waals surface area contributed by atoms with Gasteiger partial charge >= 0.3 is 5.97 Å². The number of carboxylic acid groups (broad SMARTS) is 1. The number of nitrogens with zero attached hydrogens (tertiary/aromatic N) is 1. The summed E-state index contributed by atoms with van der Waals surface area (Å²) >= 11 is 0. The molecule has 0 aliphatic rings. The molecule has 1 rings (SSSR count). The van der Waals surface area contributed by atoms with E-state index in [1.54, 1.807) is 6.07 Å². The monoisotopic (exact) mass is 178 g/mol. The van der Waals surface area contributed by atoms with Gasteiger partial charge in [0.1, 0.15) is 0 Å². The average Bonchev–Trinajstić information content (AvgIpc) is 2.16. The van der Waals surface area contributed by atoms with Gasteiger partial charge in [-0.15, -0.1) is 6.58 Å². The lowest BCUT2D eigenvalue weighted by Crippen LogP contribution is -2.14. The molecule has 1 aromatic heterocycles. The van der Waals surface area contributed by atoms with Gasteiger partial charge in [-0.3, -0.25) is 4.98 Å². The van der Waals surface area contributed by atoms with Crippen LogP contribution in [-0.4, -0.2) is 16.1 Å². The first kappa shape index (κ1) is 9.41. The van der Waals surface area contributed by atoms with Crippen LogP contribution in [0.15, 0.2) is 31.0 Å². The van der Waals surface area contributed by atoms with E-state index in [2.05, 4.69) is 11.6 Å². The Hall–Kier alpha value is -1.68. The Balaban J connectivity index is 3.19. The zero-order chi connectivity index (χ0) is 9.84. The minimum Gasteiger partial charge on any atom is -0.478 e. The molecule has 0 aliphatic heterocycles. The predicted octanol–water partition coefficient (Wildman–Crippen LogP) is 0.966. The maximum absolute atomic E-state index is 10.7. The number of carboxylic acids is 1. The first-order valence-corrected chi connectivity index (χ1v) is 3.73. The molecule has 0 saturated carbocycles. The van der Waals surface area contributed by atoms with Gasteiger partial charge in [-0.25, -0.2) is 4.79 Å². The minimum absolute atomic E-state index is 0.120. The lowest BCUT2D eigenvalue weighted by atomic mass is 10.1. The first-order chi connectivity index (χ1) is 6.16. The number of hydrogen-bond acceptors (Lipinski definition) is 3. The molecule has 1 atom stereocenters. The summed E-state index contributed by atoms with van der Waals surface area (Å²) in [4.78, 5) is 14.6. The van der Waals surface area contributed by atoms with E-state index in [-0.39, 0.29) is 5.56 Å². The van der Waals surface area contributed by atoms with E-state index in [0.717, 1.165) is 0 Å².